The molecule has 0 atom stereocenters. The Balaban J connectivity index is 1.40. The summed E-state index contributed by atoms with van der Waals surface area (Å²) >= 11 is 6.05. The number of hydrogen-bond acceptors (Lipinski definition) is 5. The minimum atomic E-state index is -0.495. The summed E-state index contributed by atoms with van der Waals surface area (Å²) in [6, 6.07) is 9.69. The number of benzene rings is 1. The summed E-state index contributed by atoms with van der Waals surface area (Å²) < 4.78 is 0. The number of hydrogen-bond donors (Lipinski definition) is 4. The van der Waals surface area contributed by atoms with Gasteiger partial charge in [0.1, 0.15) is 5.82 Å². The van der Waals surface area contributed by atoms with Crippen molar-refractivity contribution in [2.45, 2.75) is 37.8 Å². The van der Waals surface area contributed by atoms with Crippen molar-refractivity contribution in [2.75, 3.05) is 10.6 Å². The van der Waals surface area contributed by atoms with Crippen LogP contribution in [0.25, 0.3) is 10.9 Å². The summed E-state index contributed by atoms with van der Waals surface area (Å²) in [6.45, 7) is 0. The lowest BCUT2D eigenvalue weighted by Gasteiger charge is -2.31. The average molecular weight is 386 g/mol. The molecule has 0 radical (unpaired) electrons. The molecular formula is C19H20ClN5O2. The molecule has 0 spiro atoms. The zero-order chi connectivity index (χ0) is 18.8. The SMILES string of the molecule is O=c1cc(NC2CCC(Nc3ccnc4cc(Cl)ccc34)CC2)[nH]c(=O)[nH]1. The number of halogens is 1. The molecule has 1 aliphatic carbocycles. The quantitative estimate of drug-likeness (QED) is 0.552. The summed E-state index contributed by atoms with van der Waals surface area (Å²) in [5, 5.41) is 8.61. The Morgan fingerprint density at radius 1 is 0.963 bits per heavy atom. The van der Waals surface area contributed by atoms with E-state index in [4.69, 9.17) is 11.6 Å². The van der Waals surface area contributed by atoms with E-state index in [-0.39, 0.29) is 6.04 Å². The van der Waals surface area contributed by atoms with Crippen LogP contribution in [0.3, 0.4) is 0 Å². The average Bonchev–Trinajstić information content (AvgIpc) is 2.62. The molecule has 2 heterocycles. The molecule has 8 heteroatoms. The topological polar surface area (TPSA) is 103 Å². The number of anilines is 2. The Kier molecular flexibility index (Phi) is 4.85. The van der Waals surface area contributed by atoms with Gasteiger partial charge < -0.3 is 10.6 Å². The second-order valence-electron chi connectivity index (χ2n) is 6.86. The molecule has 1 aromatic carbocycles. The van der Waals surface area contributed by atoms with Crippen LogP contribution in [0.4, 0.5) is 11.5 Å². The second-order valence-corrected chi connectivity index (χ2v) is 7.30. The van der Waals surface area contributed by atoms with Gasteiger partial charge in [0, 0.05) is 40.4 Å². The smallest absolute Gasteiger partial charge is 0.327 e. The molecule has 0 bridgehead atoms. The Labute approximate surface area is 160 Å². The van der Waals surface area contributed by atoms with Crippen LogP contribution in [-0.4, -0.2) is 27.0 Å². The van der Waals surface area contributed by atoms with Gasteiger partial charge in [0.05, 0.1) is 5.52 Å². The van der Waals surface area contributed by atoms with Crippen LogP contribution in [0.5, 0.6) is 0 Å². The first-order valence-corrected chi connectivity index (χ1v) is 9.35. The van der Waals surface area contributed by atoms with Gasteiger partial charge in [-0.3, -0.25) is 19.7 Å². The van der Waals surface area contributed by atoms with Crippen molar-refractivity contribution in [3.8, 4) is 0 Å². The summed E-state index contributed by atoms with van der Waals surface area (Å²) in [4.78, 5) is 31.9. The van der Waals surface area contributed by atoms with Crippen molar-refractivity contribution in [1.82, 2.24) is 15.0 Å². The summed E-state index contributed by atoms with van der Waals surface area (Å²) in [5.74, 6) is 0.470. The molecule has 4 N–H and O–H groups in total. The largest absolute Gasteiger partial charge is 0.382 e. The Morgan fingerprint density at radius 2 is 1.70 bits per heavy atom. The minimum Gasteiger partial charge on any atom is -0.382 e. The molecule has 4 rings (SSSR count). The third-order valence-electron chi connectivity index (χ3n) is 4.91. The fourth-order valence-corrected chi connectivity index (χ4v) is 3.78. The molecule has 1 fully saturated rings. The van der Waals surface area contributed by atoms with Gasteiger partial charge in [-0.15, -0.1) is 0 Å². The van der Waals surface area contributed by atoms with Gasteiger partial charge in [0.25, 0.3) is 5.56 Å². The summed E-state index contributed by atoms with van der Waals surface area (Å²) in [7, 11) is 0. The molecule has 0 saturated heterocycles. The maximum Gasteiger partial charge on any atom is 0.327 e. The lowest BCUT2D eigenvalue weighted by Crippen LogP contribution is -2.33. The maximum absolute atomic E-state index is 11.4. The first-order valence-electron chi connectivity index (χ1n) is 8.98. The molecule has 0 amide bonds. The van der Waals surface area contributed by atoms with Gasteiger partial charge in [-0.1, -0.05) is 11.6 Å². The first kappa shape index (κ1) is 17.6. The van der Waals surface area contributed by atoms with Gasteiger partial charge >= 0.3 is 5.69 Å². The van der Waals surface area contributed by atoms with Gasteiger partial charge in [-0.2, -0.15) is 0 Å². The number of pyridine rings is 1. The normalized spacial score (nSPS) is 19.7. The fourth-order valence-electron chi connectivity index (χ4n) is 3.62. The summed E-state index contributed by atoms with van der Waals surface area (Å²) in [6.07, 6.45) is 5.66. The third kappa shape index (κ3) is 4.14. The van der Waals surface area contributed by atoms with E-state index in [1.165, 1.54) is 6.07 Å². The molecule has 0 unspecified atom stereocenters. The molecular weight excluding hydrogens is 366 g/mol. The van der Waals surface area contributed by atoms with Crippen LogP contribution in [-0.2, 0) is 0 Å². The number of aromatic nitrogens is 3. The molecule has 27 heavy (non-hydrogen) atoms. The van der Waals surface area contributed by atoms with Gasteiger partial charge in [0.15, 0.2) is 0 Å². The predicted molar refractivity (Wildman–Crippen MR) is 108 cm³/mol. The number of aromatic amines is 2. The number of nitrogens with zero attached hydrogens (tertiary/aromatic N) is 1. The van der Waals surface area contributed by atoms with Crippen LogP contribution in [0.2, 0.25) is 5.02 Å². The molecule has 1 saturated carbocycles. The van der Waals surface area contributed by atoms with E-state index in [1.807, 2.05) is 24.3 Å². The van der Waals surface area contributed by atoms with Crippen molar-refractivity contribution in [3.63, 3.8) is 0 Å². The van der Waals surface area contributed by atoms with E-state index < -0.39 is 11.2 Å². The van der Waals surface area contributed by atoms with Crippen molar-refractivity contribution in [3.05, 3.63) is 62.4 Å². The zero-order valence-corrected chi connectivity index (χ0v) is 15.3. The van der Waals surface area contributed by atoms with Crippen LogP contribution >= 0.6 is 11.6 Å². The molecule has 140 valence electrons. The Bertz CT molecular complexity index is 1040. The van der Waals surface area contributed by atoms with E-state index in [0.717, 1.165) is 42.3 Å². The third-order valence-corrected chi connectivity index (χ3v) is 5.15. The van der Waals surface area contributed by atoms with Crippen LogP contribution in [0.1, 0.15) is 25.7 Å². The number of fused-ring (bicyclic) bond motifs is 1. The van der Waals surface area contributed by atoms with Crippen LogP contribution in [0.15, 0.2) is 46.1 Å². The van der Waals surface area contributed by atoms with Gasteiger partial charge in [-0.05, 0) is 49.9 Å². The highest BCUT2D eigenvalue weighted by atomic mass is 35.5. The lowest BCUT2D eigenvalue weighted by molar-refractivity contribution is 0.428. The highest BCUT2D eigenvalue weighted by molar-refractivity contribution is 6.31. The van der Waals surface area contributed by atoms with E-state index >= 15 is 0 Å². The fraction of sp³-hybridized carbons (Fsp3) is 0.316. The second kappa shape index (κ2) is 7.44. The zero-order valence-electron chi connectivity index (χ0n) is 14.6. The lowest BCUT2D eigenvalue weighted by atomic mass is 9.91. The Morgan fingerprint density at radius 3 is 2.44 bits per heavy atom. The van der Waals surface area contributed by atoms with E-state index in [0.29, 0.717) is 16.9 Å². The maximum atomic E-state index is 11.4. The molecule has 7 nitrogen and oxygen atoms in total. The monoisotopic (exact) mass is 385 g/mol. The predicted octanol–water partition coefficient (Wildman–Crippen LogP) is 3.10. The van der Waals surface area contributed by atoms with Crippen molar-refractivity contribution in [2.24, 2.45) is 0 Å². The van der Waals surface area contributed by atoms with Crippen molar-refractivity contribution >= 4 is 34.0 Å². The molecule has 2 aromatic heterocycles. The van der Waals surface area contributed by atoms with Gasteiger partial charge in [-0.25, -0.2) is 4.79 Å². The highest BCUT2D eigenvalue weighted by Crippen LogP contribution is 2.28. The molecule has 3 aromatic rings. The van der Waals surface area contributed by atoms with Crippen LogP contribution in [0, 0.1) is 0 Å². The molecule has 1 aliphatic rings. The van der Waals surface area contributed by atoms with E-state index in [9.17, 15) is 9.59 Å². The van der Waals surface area contributed by atoms with Crippen LogP contribution < -0.4 is 21.9 Å². The highest BCUT2D eigenvalue weighted by Gasteiger charge is 2.21. The molecule has 0 aliphatic heterocycles. The first-order chi connectivity index (χ1) is 13.1. The number of rotatable bonds is 4. The summed E-state index contributed by atoms with van der Waals surface area (Å²) in [5.41, 5.74) is 1.04. The minimum absolute atomic E-state index is 0.230. The van der Waals surface area contributed by atoms with Crippen molar-refractivity contribution < 1.29 is 0 Å². The number of nitrogens with one attached hydrogen (secondary N) is 4. The number of H-pyrrole nitrogens is 2. The van der Waals surface area contributed by atoms with Gasteiger partial charge in [0.2, 0.25) is 0 Å². The van der Waals surface area contributed by atoms with E-state index in [2.05, 4.69) is 25.6 Å². The Hall–Kier alpha value is -2.80. The standard InChI is InChI=1S/C19H20ClN5O2/c20-11-1-6-14-15(7-8-21-16(14)9-11)22-12-2-4-13(5-3-12)23-17-10-18(26)25-19(27)24-17/h1,6-10,12-13H,2-5H2,(H,21,22)(H3,23,24,25,26,27). The van der Waals surface area contributed by atoms with Crippen molar-refractivity contribution in [1.29, 1.82) is 0 Å². The van der Waals surface area contributed by atoms with E-state index in [1.54, 1.807) is 6.20 Å².